The Labute approximate surface area is 180 Å². The highest BCUT2D eigenvalue weighted by Crippen LogP contribution is 2.19. The second-order valence-electron chi connectivity index (χ2n) is 6.04. The van der Waals surface area contributed by atoms with Crippen molar-refractivity contribution >= 4 is 47.2 Å². The zero-order valence-corrected chi connectivity index (χ0v) is 17.7. The van der Waals surface area contributed by atoms with Gasteiger partial charge in [0.05, 0.1) is 18.2 Å². The quantitative estimate of drug-likeness (QED) is 0.398. The number of benzene rings is 2. The van der Waals surface area contributed by atoms with Crippen LogP contribution in [0.1, 0.15) is 11.1 Å². The zero-order chi connectivity index (χ0) is 18.5. The van der Waals surface area contributed by atoms with Crippen molar-refractivity contribution in [1.29, 1.82) is 5.26 Å². The Hall–Kier alpha value is -2.05. The van der Waals surface area contributed by atoms with Crippen LogP contribution in [-0.2, 0) is 6.54 Å². The van der Waals surface area contributed by atoms with E-state index in [4.69, 9.17) is 22.6 Å². The standard InChI is InChI=1S/C19H19ClFN5.HI/c20-16-2-4-17(5-3-16)25-7-9-26(10-8-25)19(23)24-13-15-11-14(12-22)1-6-18(15)21;/h1-6,11H,7-10,13H2,(H2,23,24);1H. The van der Waals surface area contributed by atoms with Gasteiger partial charge in [0.2, 0.25) is 0 Å². The van der Waals surface area contributed by atoms with Crippen molar-refractivity contribution in [1.82, 2.24) is 4.90 Å². The minimum atomic E-state index is -0.381. The van der Waals surface area contributed by atoms with Gasteiger partial charge in [-0.15, -0.1) is 24.0 Å². The molecule has 2 aromatic rings. The average Bonchev–Trinajstić information content (AvgIpc) is 2.68. The van der Waals surface area contributed by atoms with Crippen LogP contribution >= 0.6 is 35.6 Å². The molecule has 2 N–H and O–H groups in total. The fraction of sp³-hybridized carbons (Fsp3) is 0.263. The van der Waals surface area contributed by atoms with Crippen molar-refractivity contribution in [2.24, 2.45) is 10.7 Å². The fourth-order valence-corrected chi connectivity index (χ4v) is 3.00. The highest BCUT2D eigenvalue weighted by atomic mass is 127. The Morgan fingerprint density at radius 2 is 1.81 bits per heavy atom. The molecule has 8 heteroatoms. The van der Waals surface area contributed by atoms with Crippen LogP contribution in [0, 0.1) is 17.1 Å². The second-order valence-corrected chi connectivity index (χ2v) is 6.48. The summed E-state index contributed by atoms with van der Waals surface area (Å²) < 4.78 is 13.8. The maximum atomic E-state index is 13.8. The summed E-state index contributed by atoms with van der Waals surface area (Å²) >= 11 is 5.93. The fourth-order valence-electron chi connectivity index (χ4n) is 2.88. The molecule has 0 saturated carbocycles. The number of nitrogens with two attached hydrogens (primary N) is 1. The number of nitriles is 1. The summed E-state index contributed by atoms with van der Waals surface area (Å²) in [4.78, 5) is 8.54. The molecule has 0 bridgehead atoms. The molecule has 0 aliphatic carbocycles. The first-order chi connectivity index (χ1) is 12.6. The normalized spacial score (nSPS) is 14.5. The van der Waals surface area contributed by atoms with E-state index < -0.39 is 0 Å². The predicted molar refractivity (Wildman–Crippen MR) is 117 cm³/mol. The van der Waals surface area contributed by atoms with Gasteiger partial charge in [0.25, 0.3) is 0 Å². The van der Waals surface area contributed by atoms with Gasteiger partial charge in [-0.25, -0.2) is 9.38 Å². The molecule has 2 aromatic carbocycles. The van der Waals surface area contributed by atoms with Crippen molar-refractivity contribution < 1.29 is 4.39 Å². The Bertz CT molecular complexity index is 842. The molecule has 0 radical (unpaired) electrons. The van der Waals surface area contributed by atoms with E-state index in [0.717, 1.165) is 36.9 Å². The number of anilines is 1. The summed E-state index contributed by atoms with van der Waals surface area (Å²) in [5.41, 5.74) is 7.97. The van der Waals surface area contributed by atoms with E-state index in [1.54, 1.807) is 0 Å². The number of aliphatic imine (C=N–C) groups is 1. The minimum Gasteiger partial charge on any atom is -0.370 e. The lowest BCUT2D eigenvalue weighted by Crippen LogP contribution is -2.51. The molecule has 1 aliphatic rings. The van der Waals surface area contributed by atoms with Gasteiger partial charge in [-0.05, 0) is 42.5 Å². The Balaban J connectivity index is 0.00000261. The van der Waals surface area contributed by atoms with Crippen molar-refractivity contribution in [3.05, 3.63) is 64.4 Å². The van der Waals surface area contributed by atoms with E-state index in [0.29, 0.717) is 17.1 Å². The molecule has 0 spiro atoms. The van der Waals surface area contributed by atoms with Crippen molar-refractivity contribution in [3.63, 3.8) is 0 Å². The summed E-state index contributed by atoms with van der Waals surface area (Å²) in [7, 11) is 0. The van der Waals surface area contributed by atoms with Crippen LogP contribution in [0.4, 0.5) is 10.1 Å². The third-order valence-corrected chi connectivity index (χ3v) is 4.63. The largest absolute Gasteiger partial charge is 0.370 e. The van der Waals surface area contributed by atoms with Crippen LogP contribution in [0.5, 0.6) is 0 Å². The maximum absolute atomic E-state index is 13.8. The first kappa shape index (κ1) is 21.3. The van der Waals surface area contributed by atoms with E-state index in [2.05, 4.69) is 9.89 Å². The first-order valence-electron chi connectivity index (χ1n) is 8.31. The highest BCUT2D eigenvalue weighted by molar-refractivity contribution is 14.0. The summed E-state index contributed by atoms with van der Waals surface area (Å²) in [6.07, 6.45) is 0. The summed E-state index contributed by atoms with van der Waals surface area (Å²) in [6.45, 7) is 3.22. The SMILES string of the molecule is I.N#Cc1ccc(F)c(CN=C(N)N2CCN(c3ccc(Cl)cc3)CC2)c1. The number of hydrogen-bond acceptors (Lipinski definition) is 3. The minimum absolute atomic E-state index is 0. The van der Waals surface area contributed by atoms with Gasteiger partial charge < -0.3 is 15.5 Å². The third kappa shape index (κ3) is 5.47. The van der Waals surface area contributed by atoms with Gasteiger partial charge in [-0.2, -0.15) is 5.26 Å². The highest BCUT2D eigenvalue weighted by Gasteiger charge is 2.18. The number of nitrogens with zero attached hydrogens (tertiary/aromatic N) is 4. The lowest BCUT2D eigenvalue weighted by atomic mass is 10.1. The molecule has 0 atom stereocenters. The zero-order valence-electron chi connectivity index (χ0n) is 14.6. The average molecular weight is 500 g/mol. The van der Waals surface area contributed by atoms with Gasteiger partial charge in [0.1, 0.15) is 5.82 Å². The number of halogens is 3. The monoisotopic (exact) mass is 499 g/mol. The summed E-state index contributed by atoms with van der Waals surface area (Å²) in [5.74, 6) is 0.00984. The first-order valence-corrected chi connectivity index (χ1v) is 8.68. The Morgan fingerprint density at radius 3 is 2.44 bits per heavy atom. The molecule has 27 heavy (non-hydrogen) atoms. The molecule has 142 valence electrons. The van der Waals surface area contributed by atoms with Gasteiger partial charge in [-0.1, -0.05) is 11.6 Å². The molecule has 3 rings (SSSR count). The van der Waals surface area contributed by atoms with Gasteiger partial charge in [0, 0.05) is 42.5 Å². The smallest absolute Gasteiger partial charge is 0.191 e. The molecular weight excluding hydrogens is 480 g/mol. The van der Waals surface area contributed by atoms with Gasteiger partial charge >= 0.3 is 0 Å². The van der Waals surface area contributed by atoms with Crippen LogP contribution in [0.3, 0.4) is 0 Å². The lowest BCUT2D eigenvalue weighted by Gasteiger charge is -2.36. The molecule has 0 aromatic heterocycles. The molecular formula is C19H20ClFIN5. The number of guanidine groups is 1. The van der Waals surface area contributed by atoms with Gasteiger partial charge in [0.15, 0.2) is 5.96 Å². The molecule has 1 heterocycles. The summed E-state index contributed by atoms with van der Waals surface area (Å²) in [5, 5.41) is 9.63. The summed E-state index contributed by atoms with van der Waals surface area (Å²) in [6, 6.07) is 14.0. The van der Waals surface area contributed by atoms with E-state index in [1.807, 2.05) is 35.2 Å². The lowest BCUT2D eigenvalue weighted by molar-refractivity contribution is 0.380. The Morgan fingerprint density at radius 1 is 1.15 bits per heavy atom. The predicted octanol–water partition coefficient (Wildman–Crippen LogP) is 3.61. The maximum Gasteiger partial charge on any atom is 0.191 e. The van der Waals surface area contributed by atoms with Crippen LogP contribution < -0.4 is 10.6 Å². The van der Waals surface area contributed by atoms with Crippen LogP contribution in [0.2, 0.25) is 5.02 Å². The molecule has 1 aliphatic heterocycles. The topological polar surface area (TPSA) is 68.6 Å². The van der Waals surface area contributed by atoms with Crippen molar-refractivity contribution in [3.8, 4) is 6.07 Å². The van der Waals surface area contributed by atoms with E-state index in [-0.39, 0.29) is 36.3 Å². The van der Waals surface area contributed by atoms with Crippen LogP contribution in [0.15, 0.2) is 47.5 Å². The number of hydrogen-bond donors (Lipinski definition) is 1. The molecule has 0 unspecified atom stereocenters. The van der Waals surface area contributed by atoms with Crippen molar-refractivity contribution in [2.75, 3.05) is 31.1 Å². The van der Waals surface area contributed by atoms with Crippen LogP contribution in [-0.4, -0.2) is 37.0 Å². The Kier molecular flexibility index (Phi) is 7.68. The molecule has 1 fully saturated rings. The van der Waals surface area contributed by atoms with Gasteiger partial charge in [-0.3, -0.25) is 0 Å². The molecule has 1 saturated heterocycles. The molecule has 0 amide bonds. The van der Waals surface area contributed by atoms with E-state index in [1.165, 1.54) is 18.2 Å². The molecule has 5 nitrogen and oxygen atoms in total. The van der Waals surface area contributed by atoms with Crippen molar-refractivity contribution in [2.45, 2.75) is 6.54 Å². The van der Waals surface area contributed by atoms with Crippen LogP contribution in [0.25, 0.3) is 0 Å². The third-order valence-electron chi connectivity index (χ3n) is 4.38. The van der Waals surface area contributed by atoms with E-state index >= 15 is 0 Å². The number of piperazine rings is 1. The number of rotatable bonds is 3. The second kappa shape index (κ2) is 9.76. The van der Waals surface area contributed by atoms with E-state index in [9.17, 15) is 4.39 Å².